The Morgan fingerprint density at radius 1 is 1.04 bits per heavy atom. The van der Waals surface area contributed by atoms with Crippen molar-refractivity contribution in [3.63, 3.8) is 0 Å². The molecule has 1 aliphatic carbocycles. The number of thioether (sulfide) groups is 1. The zero-order valence-corrected chi connectivity index (χ0v) is 15.1. The molecule has 0 fully saturated rings. The van der Waals surface area contributed by atoms with Gasteiger partial charge in [-0.1, -0.05) is 60.1 Å². The van der Waals surface area contributed by atoms with Crippen molar-refractivity contribution in [1.82, 2.24) is 9.97 Å². The monoisotopic (exact) mass is 360 g/mol. The lowest BCUT2D eigenvalue weighted by Crippen LogP contribution is -1.91. The SMILES string of the molecule is Clc1nc(SCc2ccccc2)nc2sc3c(c12)CCCCC3. The van der Waals surface area contributed by atoms with E-state index in [4.69, 9.17) is 16.6 Å². The number of benzene rings is 1. The Hall–Kier alpha value is -1.10. The number of halogens is 1. The van der Waals surface area contributed by atoms with Gasteiger partial charge in [-0.3, -0.25) is 0 Å². The smallest absolute Gasteiger partial charge is 0.190 e. The van der Waals surface area contributed by atoms with Crippen molar-refractivity contribution in [3.8, 4) is 0 Å². The van der Waals surface area contributed by atoms with Crippen molar-refractivity contribution < 1.29 is 0 Å². The van der Waals surface area contributed by atoms with Crippen molar-refractivity contribution in [1.29, 1.82) is 0 Å². The third-order valence-corrected chi connectivity index (χ3v) is 6.59. The third kappa shape index (κ3) is 3.25. The number of fused-ring (bicyclic) bond motifs is 3. The summed E-state index contributed by atoms with van der Waals surface area (Å²) >= 11 is 9.98. The molecule has 0 atom stereocenters. The number of nitrogens with zero attached hydrogens (tertiary/aromatic N) is 2. The van der Waals surface area contributed by atoms with Gasteiger partial charge in [-0.05, 0) is 36.8 Å². The molecule has 23 heavy (non-hydrogen) atoms. The van der Waals surface area contributed by atoms with Crippen LogP contribution in [0.5, 0.6) is 0 Å². The lowest BCUT2D eigenvalue weighted by molar-refractivity contribution is 0.713. The molecule has 2 nitrogen and oxygen atoms in total. The van der Waals surface area contributed by atoms with E-state index >= 15 is 0 Å². The van der Waals surface area contributed by atoms with Crippen molar-refractivity contribution in [2.24, 2.45) is 0 Å². The molecule has 118 valence electrons. The molecule has 0 unspecified atom stereocenters. The minimum absolute atomic E-state index is 0.630. The molecule has 0 aliphatic heterocycles. The molecule has 0 N–H and O–H groups in total. The quantitative estimate of drug-likeness (QED) is 0.251. The van der Waals surface area contributed by atoms with Crippen LogP contribution < -0.4 is 0 Å². The summed E-state index contributed by atoms with van der Waals surface area (Å²) < 4.78 is 0. The van der Waals surface area contributed by atoms with E-state index in [-0.39, 0.29) is 0 Å². The molecule has 2 heterocycles. The standard InChI is InChI=1S/C18H17ClN2S2/c19-16-15-13-9-5-2-6-10-14(13)23-17(15)21-18(20-16)22-11-12-7-3-1-4-8-12/h1,3-4,7-8H,2,5-6,9-11H2. The molecule has 4 rings (SSSR count). The Morgan fingerprint density at radius 2 is 1.87 bits per heavy atom. The second-order valence-electron chi connectivity index (χ2n) is 5.82. The van der Waals surface area contributed by atoms with Crippen LogP contribution >= 0.6 is 34.7 Å². The number of thiophene rings is 1. The Kier molecular flexibility index (Phi) is 4.56. The summed E-state index contributed by atoms with van der Waals surface area (Å²) in [4.78, 5) is 11.9. The van der Waals surface area contributed by atoms with Crippen LogP contribution in [0.15, 0.2) is 35.5 Å². The normalized spacial score (nSPS) is 14.7. The Balaban J connectivity index is 1.65. The molecule has 0 saturated heterocycles. The molecule has 3 aromatic rings. The summed E-state index contributed by atoms with van der Waals surface area (Å²) in [7, 11) is 0. The first-order valence-electron chi connectivity index (χ1n) is 7.96. The molecular formula is C18H17ClN2S2. The van der Waals surface area contributed by atoms with Crippen LogP contribution in [0.25, 0.3) is 10.2 Å². The predicted molar refractivity (Wildman–Crippen MR) is 99.7 cm³/mol. The van der Waals surface area contributed by atoms with Crippen LogP contribution in [0, 0.1) is 0 Å². The van der Waals surface area contributed by atoms with E-state index in [9.17, 15) is 0 Å². The zero-order valence-electron chi connectivity index (χ0n) is 12.7. The lowest BCUT2D eigenvalue weighted by atomic mass is 10.1. The van der Waals surface area contributed by atoms with Crippen molar-refractivity contribution >= 4 is 44.9 Å². The molecule has 5 heteroatoms. The molecule has 0 amide bonds. The van der Waals surface area contributed by atoms with E-state index in [0.29, 0.717) is 5.15 Å². The minimum Gasteiger partial charge on any atom is -0.211 e. The maximum atomic E-state index is 6.52. The summed E-state index contributed by atoms with van der Waals surface area (Å²) in [6, 6.07) is 10.4. The Morgan fingerprint density at radius 3 is 2.74 bits per heavy atom. The van der Waals surface area contributed by atoms with E-state index in [1.54, 1.807) is 11.8 Å². The topological polar surface area (TPSA) is 25.8 Å². The minimum atomic E-state index is 0.630. The molecular weight excluding hydrogens is 344 g/mol. The maximum Gasteiger partial charge on any atom is 0.190 e. The average Bonchev–Trinajstić information content (AvgIpc) is 2.76. The predicted octanol–water partition coefficient (Wildman–Crippen LogP) is 5.91. The second kappa shape index (κ2) is 6.80. The molecule has 0 radical (unpaired) electrons. The largest absolute Gasteiger partial charge is 0.211 e. The van der Waals surface area contributed by atoms with Crippen molar-refractivity contribution in [3.05, 3.63) is 51.5 Å². The van der Waals surface area contributed by atoms with E-state index in [2.05, 4.69) is 29.2 Å². The molecule has 1 aliphatic rings. The number of aryl methyl sites for hydroxylation is 2. The highest BCUT2D eigenvalue weighted by Gasteiger charge is 2.19. The number of hydrogen-bond acceptors (Lipinski definition) is 4. The van der Waals surface area contributed by atoms with E-state index in [1.165, 1.54) is 41.7 Å². The number of rotatable bonds is 3. The van der Waals surface area contributed by atoms with Crippen LogP contribution in [0.1, 0.15) is 35.3 Å². The van der Waals surface area contributed by atoms with Gasteiger partial charge in [-0.2, -0.15) is 0 Å². The lowest BCUT2D eigenvalue weighted by Gasteiger charge is -2.03. The fourth-order valence-corrected chi connectivity index (χ4v) is 5.57. The van der Waals surface area contributed by atoms with Gasteiger partial charge in [0.25, 0.3) is 0 Å². The maximum absolute atomic E-state index is 6.52. The van der Waals surface area contributed by atoms with E-state index in [1.807, 2.05) is 17.4 Å². The molecule has 2 aromatic heterocycles. The van der Waals surface area contributed by atoms with Gasteiger partial charge in [0.2, 0.25) is 0 Å². The summed E-state index contributed by atoms with van der Waals surface area (Å²) in [5, 5.41) is 2.52. The Bertz CT molecular complexity index is 830. The highest BCUT2D eigenvalue weighted by molar-refractivity contribution is 7.98. The first-order chi connectivity index (χ1) is 11.3. The summed E-state index contributed by atoms with van der Waals surface area (Å²) in [5.41, 5.74) is 2.69. The average molecular weight is 361 g/mol. The van der Waals surface area contributed by atoms with Gasteiger partial charge in [-0.25, -0.2) is 9.97 Å². The first kappa shape index (κ1) is 15.4. The van der Waals surface area contributed by atoms with Gasteiger partial charge >= 0.3 is 0 Å². The van der Waals surface area contributed by atoms with Crippen LogP contribution in [0.2, 0.25) is 5.15 Å². The van der Waals surface area contributed by atoms with E-state index in [0.717, 1.165) is 27.5 Å². The fraction of sp³-hybridized carbons (Fsp3) is 0.333. The van der Waals surface area contributed by atoms with E-state index < -0.39 is 0 Å². The van der Waals surface area contributed by atoms with Crippen LogP contribution in [-0.4, -0.2) is 9.97 Å². The third-order valence-electron chi connectivity index (χ3n) is 4.21. The van der Waals surface area contributed by atoms with Crippen molar-refractivity contribution in [2.45, 2.75) is 43.0 Å². The Labute approximate surface area is 149 Å². The van der Waals surface area contributed by atoms with Gasteiger partial charge in [0, 0.05) is 10.6 Å². The summed E-state index contributed by atoms with van der Waals surface area (Å²) in [6.45, 7) is 0. The van der Waals surface area contributed by atoms with Gasteiger partial charge in [-0.15, -0.1) is 11.3 Å². The molecule has 0 saturated carbocycles. The highest BCUT2D eigenvalue weighted by Crippen LogP contribution is 2.38. The second-order valence-corrected chi connectivity index (χ2v) is 8.20. The van der Waals surface area contributed by atoms with Crippen molar-refractivity contribution in [2.75, 3.05) is 0 Å². The molecule has 0 bridgehead atoms. The number of hydrogen-bond donors (Lipinski definition) is 0. The highest BCUT2D eigenvalue weighted by atomic mass is 35.5. The van der Waals surface area contributed by atoms with Gasteiger partial charge in [0.05, 0.1) is 5.39 Å². The summed E-state index contributed by atoms with van der Waals surface area (Å²) in [5.74, 6) is 0.869. The van der Waals surface area contributed by atoms with Crippen LogP contribution in [0.3, 0.4) is 0 Å². The van der Waals surface area contributed by atoms with Gasteiger partial charge in [0.1, 0.15) is 9.98 Å². The van der Waals surface area contributed by atoms with Crippen LogP contribution in [-0.2, 0) is 18.6 Å². The summed E-state index contributed by atoms with van der Waals surface area (Å²) in [6.07, 6.45) is 6.13. The van der Waals surface area contributed by atoms with Crippen LogP contribution in [0.4, 0.5) is 0 Å². The zero-order chi connectivity index (χ0) is 15.6. The van der Waals surface area contributed by atoms with Gasteiger partial charge in [0.15, 0.2) is 5.16 Å². The number of aromatic nitrogens is 2. The first-order valence-corrected chi connectivity index (χ1v) is 10.1. The van der Waals surface area contributed by atoms with Gasteiger partial charge < -0.3 is 0 Å². The molecule has 0 spiro atoms. The fourth-order valence-electron chi connectivity index (χ4n) is 3.06. The molecule has 1 aromatic carbocycles.